The minimum atomic E-state index is -4.47. The number of likely N-dealkylation sites (tertiary alicyclic amines) is 1. The molecule has 4 nitrogen and oxygen atoms in total. The molecular formula is C13H22F3NO3. The third-order valence-corrected chi connectivity index (χ3v) is 3.44. The Bertz CT molecular complexity index is 365. The van der Waals surface area contributed by atoms with Gasteiger partial charge in [0.1, 0.15) is 5.60 Å². The van der Waals surface area contributed by atoms with Crippen LogP contribution in [0.1, 0.15) is 47.0 Å². The van der Waals surface area contributed by atoms with Crippen molar-refractivity contribution in [2.24, 2.45) is 0 Å². The molecule has 1 heterocycles. The highest BCUT2D eigenvalue weighted by atomic mass is 19.4. The number of amides is 1. The maximum Gasteiger partial charge on any atom is 0.410 e. The summed E-state index contributed by atoms with van der Waals surface area (Å²) in [6.07, 6.45) is -7.27. The normalized spacial score (nSPS) is 25.7. The summed E-state index contributed by atoms with van der Waals surface area (Å²) >= 11 is 0. The molecule has 0 bridgehead atoms. The molecule has 1 aliphatic rings. The van der Waals surface area contributed by atoms with Crippen LogP contribution in [0.2, 0.25) is 0 Å². The zero-order valence-corrected chi connectivity index (χ0v) is 12.3. The Kier molecular flexibility index (Phi) is 4.63. The van der Waals surface area contributed by atoms with Crippen LogP contribution < -0.4 is 0 Å². The summed E-state index contributed by atoms with van der Waals surface area (Å²) in [6, 6.07) is 0. The minimum absolute atomic E-state index is 0.292. The molecule has 0 spiro atoms. The van der Waals surface area contributed by atoms with E-state index in [4.69, 9.17) is 4.74 Å². The number of hydrogen-bond donors (Lipinski definition) is 1. The van der Waals surface area contributed by atoms with Crippen molar-refractivity contribution in [1.82, 2.24) is 4.90 Å². The maximum absolute atomic E-state index is 12.4. The van der Waals surface area contributed by atoms with Gasteiger partial charge in [0.25, 0.3) is 0 Å². The molecule has 1 N–H and O–H groups in total. The van der Waals surface area contributed by atoms with Crippen LogP contribution >= 0.6 is 0 Å². The van der Waals surface area contributed by atoms with Crippen molar-refractivity contribution >= 4 is 6.09 Å². The molecular weight excluding hydrogens is 275 g/mol. The lowest BCUT2D eigenvalue weighted by atomic mass is 9.89. The number of halogens is 3. The van der Waals surface area contributed by atoms with Gasteiger partial charge in [0.05, 0.1) is 18.1 Å². The summed E-state index contributed by atoms with van der Waals surface area (Å²) in [7, 11) is 0. The Morgan fingerprint density at radius 3 is 2.40 bits per heavy atom. The SMILES string of the molecule is CC(C)(C)OC(=O)N1CCC[C@@]1(C)[C@H](O)CC(F)(F)F. The number of alkyl halides is 3. The average Bonchev–Trinajstić information content (AvgIpc) is 2.56. The zero-order chi connectivity index (χ0) is 15.8. The summed E-state index contributed by atoms with van der Waals surface area (Å²) in [5.74, 6) is 0. The monoisotopic (exact) mass is 297 g/mol. The second-order valence-corrected chi connectivity index (χ2v) is 6.43. The van der Waals surface area contributed by atoms with Crippen LogP contribution in [0.4, 0.5) is 18.0 Å². The lowest BCUT2D eigenvalue weighted by Gasteiger charge is -2.39. The van der Waals surface area contributed by atoms with Crippen molar-refractivity contribution in [2.45, 2.75) is 70.4 Å². The van der Waals surface area contributed by atoms with Crippen LogP contribution in [-0.4, -0.2) is 46.1 Å². The first-order valence-electron chi connectivity index (χ1n) is 6.60. The van der Waals surface area contributed by atoms with Gasteiger partial charge in [-0.25, -0.2) is 4.79 Å². The van der Waals surface area contributed by atoms with Gasteiger partial charge in [-0.05, 0) is 40.5 Å². The van der Waals surface area contributed by atoms with Crippen molar-refractivity contribution in [3.63, 3.8) is 0 Å². The quantitative estimate of drug-likeness (QED) is 0.852. The number of aliphatic hydroxyl groups is 1. The fourth-order valence-corrected chi connectivity index (χ4v) is 2.39. The van der Waals surface area contributed by atoms with E-state index in [-0.39, 0.29) is 0 Å². The third-order valence-electron chi connectivity index (χ3n) is 3.44. The average molecular weight is 297 g/mol. The molecule has 0 aliphatic carbocycles. The van der Waals surface area contributed by atoms with Gasteiger partial charge >= 0.3 is 12.3 Å². The van der Waals surface area contributed by atoms with Gasteiger partial charge < -0.3 is 14.7 Å². The molecule has 1 fully saturated rings. The van der Waals surface area contributed by atoms with Crippen LogP contribution in [0, 0.1) is 0 Å². The number of nitrogens with zero attached hydrogens (tertiary/aromatic N) is 1. The molecule has 1 saturated heterocycles. The Balaban J connectivity index is 2.84. The molecule has 0 radical (unpaired) electrons. The highest BCUT2D eigenvalue weighted by Crippen LogP contribution is 2.37. The molecule has 1 aliphatic heterocycles. The van der Waals surface area contributed by atoms with E-state index in [9.17, 15) is 23.1 Å². The Morgan fingerprint density at radius 2 is 1.95 bits per heavy atom. The highest BCUT2D eigenvalue weighted by molar-refractivity contribution is 5.69. The van der Waals surface area contributed by atoms with Crippen molar-refractivity contribution < 1.29 is 27.8 Å². The second-order valence-electron chi connectivity index (χ2n) is 6.43. The van der Waals surface area contributed by atoms with Gasteiger partial charge in [0.15, 0.2) is 0 Å². The number of aliphatic hydroxyl groups excluding tert-OH is 1. The van der Waals surface area contributed by atoms with Gasteiger partial charge in [-0.1, -0.05) is 0 Å². The van der Waals surface area contributed by atoms with Gasteiger partial charge in [-0.3, -0.25) is 0 Å². The summed E-state index contributed by atoms with van der Waals surface area (Å²) in [5, 5.41) is 9.89. The van der Waals surface area contributed by atoms with E-state index in [0.29, 0.717) is 19.4 Å². The number of ether oxygens (including phenoxy) is 1. The van der Waals surface area contributed by atoms with Crippen LogP contribution in [0.3, 0.4) is 0 Å². The summed E-state index contributed by atoms with van der Waals surface area (Å²) in [4.78, 5) is 13.3. The van der Waals surface area contributed by atoms with Gasteiger partial charge in [0.2, 0.25) is 0 Å². The second kappa shape index (κ2) is 5.42. The Morgan fingerprint density at radius 1 is 1.40 bits per heavy atom. The van der Waals surface area contributed by atoms with Crippen molar-refractivity contribution in [3.05, 3.63) is 0 Å². The van der Waals surface area contributed by atoms with E-state index in [0.717, 1.165) is 0 Å². The summed E-state index contributed by atoms with van der Waals surface area (Å²) in [6.45, 7) is 6.82. The van der Waals surface area contributed by atoms with Crippen LogP contribution in [0.5, 0.6) is 0 Å². The molecule has 20 heavy (non-hydrogen) atoms. The van der Waals surface area contributed by atoms with E-state index in [1.165, 1.54) is 11.8 Å². The van der Waals surface area contributed by atoms with Gasteiger partial charge in [-0.15, -0.1) is 0 Å². The zero-order valence-electron chi connectivity index (χ0n) is 12.3. The van der Waals surface area contributed by atoms with Gasteiger partial charge in [-0.2, -0.15) is 13.2 Å². The molecule has 2 atom stereocenters. The minimum Gasteiger partial charge on any atom is -0.444 e. The molecule has 0 aromatic rings. The Hall–Kier alpha value is -0.980. The van der Waals surface area contributed by atoms with Crippen molar-refractivity contribution in [2.75, 3.05) is 6.54 Å². The van der Waals surface area contributed by atoms with Crippen LogP contribution in [0.15, 0.2) is 0 Å². The summed E-state index contributed by atoms with van der Waals surface area (Å²) < 4.78 is 42.5. The molecule has 0 saturated carbocycles. The molecule has 7 heteroatoms. The molecule has 0 aromatic heterocycles. The van der Waals surface area contributed by atoms with Crippen LogP contribution in [-0.2, 0) is 4.74 Å². The lowest BCUT2D eigenvalue weighted by molar-refractivity contribution is -0.167. The van der Waals surface area contributed by atoms with Crippen LogP contribution in [0.25, 0.3) is 0 Å². The first kappa shape index (κ1) is 17.1. The third kappa shape index (κ3) is 4.26. The number of carbonyl (C=O) groups is 1. The smallest absolute Gasteiger partial charge is 0.410 e. The van der Waals surface area contributed by atoms with E-state index in [2.05, 4.69) is 0 Å². The fourth-order valence-electron chi connectivity index (χ4n) is 2.39. The predicted octanol–water partition coefficient (Wildman–Crippen LogP) is 3.09. The lowest BCUT2D eigenvalue weighted by Crippen LogP contribution is -2.55. The first-order valence-corrected chi connectivity index (χ1v) is 6.60. The standard InChI is InChI=1S/C13H22F3NO3/c1-11(2,3)20-10(19)17-7-5-6-12(17,4)9(18)8-13(14,15)16/h9,18H,5-8H2,1-4H3/t9-,12+/m1/s1. The number of hydrogen-bond acceptors (Lipinski definition) is 3. The van der Waals surface area contributed by atoms with E-state index in [1.54, 1.807) is 20.8 Å². The van der Waals surface area contributed by atoms with Crippen molar-refractivity contribution in [3.8, 4) is 0 Å². The van der Waals surface area contributed by atoms with E-state index >= 15 is 0 Å². The molecule has 118 valence electrons. The maximum atomic E-state index is 12.4. The molecule has 0 unspecified atom stereocenters. The molecule has 1 rings (SSSR count). The number of carbonyl (C=O) groups excluding carboxylic acids is 1. The highest BCUT2D eigenvalue weighted by Gasteiger charge is 2.49. The largest absolute Gasteiger partial charge is 0.444 e. The molecule has 1 amide bonds. The molecule has 0 aromatic carbocycles. The fraction of sp³-hybridized carbons (Fsp3) is 0.923. The predicted molar refractivity (Wildman–Crippen MR) is 67.3 cm³/mol. The first-order chi connectivity index (χ1) is 8.85. The Labute approximate surface area is 116 Å². The number of rotatable bonds is 2. The topological polar surface area (TPSA) is 49.8 Å². The van der Waals surface area contributed by atoms with E-state index < -0.39 is 35.9 Å². The summed E-state index contributed by atoms with van der Waals surface area (Å²) in [5.41, 5.74) is -1.96. The van der Waals surface area contributed by atoms with E-state index in [1.807, 2.05) is 0 Å². The van der Waals surface area contributed by atoms with Gasteiger partial charge in [0, 0.05) is 6.54 Å². The van der Waals surface area contributed by atoms with Crippen molar-refractivity contribution in [1.29, 1.82) is 0 Å².